The Bertz CT molecular complexity index is 356. The molecule has 1 nitrogen and oxygen atoms in total. The van der Waals surface area contributed by atoms with E-state index in [1.807, 2.05) is 12.1 Å². The monoisotopic (exact) mass is 283 g/mol. The van der Waals surface area contributed by atoms with Crippen LogP contribution in [0.4, 0.5) is 4.39 Å². The molecule has 0 aliphatic carbocycles. The van der Waals surface area contributed by atoms with Gasteiger partial charge in [0.05, 0.1) is 0 Å². The normalized spacial score (nSPS) is 14.3. The van der Waals surface area contributed by atoms with Crippen LogP contribution in [0.5, 0.6) is 0 Å². The van der Waals surface area contributed by atoms with Crippen molar-refractivity contribution in [2.45, 2.75) is 51.0 Å². The van der Waals surface area contributed by atoms with Crippen LogP contribution in [0.25, 0.3) is 0 Å². The molecule has 0 bridgehead atoms. The van der Waals surface area contributed by atoms with Gasteiger partial charge in [0.25, 0.3) is 0 Å². The first-order chi connectivity index (χ1) is 9.17. The van der Waals surface area contributed by atoms with Crippen LogP contribution in [0, 0.1) is 11.7 Å². The number of nitrogens with one attached hydrogen (secondary N) is 1. The van der Waals surface area contributed by atoms with Crippen molar-refractivity contribution in [2.75, 3.05) is 12.3 Å². The Morgan fingerprint density at radius 1 is 1.26 bits per heavy atom. The van der Waals surface area contributed by atoms with Gasteiger partial charge in [-0.25, -0.2) is 4.39 Å². The molecular formula is C16H26FNS. The zero-order valence-electron chi connectivity index (χ0n) is 12.3. The highest BCUT2D eigenvalue weighted by atomic mass is 32.2. The summed E-state index contributed by atoms with van der Waals surface area (Å²) in [6.07, 6.45) is 3.68. The summed E-state index contributed by atoms with van der Waals surface area (Å²) in [7, 11) is 0. The third kappa shape index (κ3) is 6.44. The molecule has 3 heteroatoms. The molecule has 1 rings (SSSR count). The number of hydrogen-bond acceptors (Lipinski definition) is 2. The second kappa shape index (κ2) is 9.38. The van der Waals surface area contributed by atoms with Gasteiger partial charge in [-0.15, -0.1) is 11.8 Å². The number of hydrogen-bond donors (Lipinski definition) is 1. The summed E-state index contributed by atoms with van der Waals surface area (Å²) in [5, 5.41) is 3.52. The fraction of sp³-hybridized carbons (Fsp3) is 0.625. The second-order valence-electron chi connectivity index (χ2n) is 5.13. The van der Waals surface area contributed by atoms with Crippen molar-refractivity contribution in [3.05, 3.63) is 30.1 Å². The first kappa shape index (κ1) is 16.5. The Labute approximate surface area is 121 Å². The van der Waals surface area contributed by atoms with Crippen LogP contribution in [0.15, 0.2) is 29.2 Å². The lowest BCUT2D eigenvalue weighted by Crippen LogP contribution is -2.32. The highest BCUT2D eigenvalue weighted by Crippen LogP contribution is 2.24. The highest BCUT2D eigenvalue weighted by molar-refractivity contribution is 7.99. The van der Waals surface area contributed by atoms with Crippen molar-refractivity contribution in [3.63, 3.8) is 0 Å². The van der Waals surface area contributed by atoms with Crippen LogP contribution >= 0.6 is 11.8 Å². The SMILES string of the molecule is CCCC(C)CC(CSc1ccccc1F)NCC. The molecule has 0 aliphatic rings. The summed E-state index contributed by atoms with van der Waals surface area (Å²) >= 11 is 1.62. The maximum absolute atomic E-state index is 13.6. The molecule has 0 aromatic heterocycles. The molecule has 108 valence electrons. The Balaban J connectivity index is 2.47. The van der Waals surface area contributed by atoms with Gasteiger partial charge in [0.2, 0.25) is 0 Å². The molecule has 0 fully saturated rings. The predicted octanol–water partition coefficient (Wildman–Crippen LogP) is 4.72. The zero-order valence-corrected chi connectivity index (χ0v) is 13.1. The van der Waals surface area contributed by atoms with E-state index in [4.69, 9.17) is 0 Å². The smallest absolute Gasteiger partial charge is 0.136 e. The first-order valence-corrected chi connectivity index (χ1v) is 8.26. The van der Waals surface area contributed by atoms with Gasteiger partial charge in [0.15, 0.2) is 0 Å². The number of benzene rings is 1. The molecule has 2 atom stereocenters. The summed E-state index contributed by atoms with van der Waals surface area (Å²) < 4.78 is 13.6. The van der Waals surface area contributed by atoms with Crippen LogP contribution < -0.4 is 5.32 Å². The summed E-state index contributed by atoms with van der Waals surface area (Å²) in [4.78, 5) is 0.758. The number of rotatable bonds is 9. The van der Waals surface area contributed by atoms with Gasteiger partial charge in [-0.2, -0.15) is 0 Å². The lowest BCUT2D eigenvalue weighted by Gasteiger charge is -2.21. The van der Waals surface area contributed by atoms with E-state index in [-0.39, 0.29) is 5.82 Å². The molecule has 0 heterocycles. The van der Waals surface area contributed by atoms with Crippen molar-refractivity contribution in [1.29, 1.82) is 0 Å². The minimum atomic E-state index is -0.107. The molecule has 0 spiro atoms. The molecule has 0 aliphatic heterocycles. The molecule has 2 unspecified atom stereocenters. The Morgan fingerprint density at radius 3 is 2.63 bits per heavy atom. The fourth-order valence-corrected chi connectivity index (χ4v) is 3.36. The van der Waals surface area contributed by atoms with E-state index < -0.39 is 0 Å². The third-order valence-corrected chi connectivity index (χ3v) is 4.45. The van der Waals surface area contributed by atoms with Gasteiger partial charge in [-0.3, -0.25) is 0 Å². The van der Waals surface area contributed by atoms with Crippen LogP contribution in [0.3, 0.4) is 0 Å². The summed E-state index contributed by atoms with van der Waals surface area (Å²) in [6.45, 7) is 7.64. The van der Waals surface area contributed by atoms with Crippen LogP contribution in [-0.2, 0) is 0 Å². The van der Waals surface area contributed by atoms with Gasteiger partial charge in [0, 0.05) is 16.7 Å². The highest BCUT2D eigenvalue weighted by Gasteiger charge is 2.13. The summed E-state index contributed by atoms with van der Waals surface area (Å²) in [5.41, 5.74) is 0. The zero-order chi connectivity index (χ0) is 14.1. The molecule has 1 aromatic carbocycles. The lowest BCUT2D eigenvalue weighted by atomic mass is 9.98. The van der Waals surface area contributed by atoms with Gasteiger partial charge >= 0.3 is 0 Å². The molecule has 0 amide bonds. The molecule has 1 N–H and O–H groups in total. The predicted molar refractivity (Wildman–Crippen MR) is 83.3 cm³/mol. The average Bonchev–Trinajstić information content (AvgIpc) is 2.38. The molecular weight excluding hydrogens is 257 g/mol. The third-order valence-electron chi connectivity index (χ3n) is 3.24. The van der Waals surface area contributed by atoms with E-state index >= 15 is 0 Å². The molecule has 0 saturated heterocycles. The van der Waals surface area contributed by atoms with Crippen LogP contribution in [-0.4, -0.2) is 18.3 Å². The van der Waals surface area contributed by atoms with Gasteiger partial charge in [0.1, 0.15) is 5.82 Å². The quantitative estimate of drug-likeness (QED) is 0.658. The van der Waals surface area contributed by atoms with E-state index in [0.29, 0.717) is 6.04 Å². The summed E-state index contributed by atoms with van der Waals surface area (Å²) in [6, 6.07) is 7.50. The minimum absolute atomic E-state index is 0.107. The topological polar surface area (TPSA) is 12.0 Å². The van der Waals surface area contributed by atoms with Crippen molar-refractivity contribution in [1.82, 2.24) is 5.32 Å². The van der Waals surface area contributed by atoms with Crippen molar-refractivity contribution in [3.8, 4) is 0 Å². The molecule has 0 saturated carbocycles. The standard InChI is InChI=1S/C16H26FNS/c1-4-8-13(3)11-14(18-5-2)12-19-16-10-7-6-9-15(16)17/h6-7,9-10,13-14,18H,4-5,8,11-12H2,1-3H3. The Morgan fingerprint density at radius 2 is 2.00 bits per heavy atom. The van der Waals surface area contributed by atoms with Gasteiger partial charge < -0.3 is 5.32 Å². The molecule has 19 heavy (non-hydrogen) atoms. The largest absolute Gasteiger partial charge is 0.313 e. The Hall–Kier alpha value is -0.540. The average molecular weight is 283 g/mol. The molecule has 1 aromatic rings. The first-order valence-electron chi connectivity index (χ1n) is 7.28. The van der Waals surface area contributed by atoms with Gasteiger partial charge in [-0.05, 0) is 31.0 Å². The molecule has 0 radical (unpaired) electrons. The number of thioether (sulfide) groups is 1. The fourth-order valence-electron chi connectivity index (χ4n) is 2.35. The Kier molecular flexibility index (Phi) is 8.15. The van der Waals surface area contributed by atoms with Crippen LogP contribution in [0.1, 0.15) is 40.0 Å². The number of halogens is 1. The maximum Gasteiger partial charge on any atom is 0.136 e. The minimum Gasteiger partial charge on any atom is -0.313 e. The summed E-state index contributed by atoms with van der Waals surface area (Å²) in [5.74, 6) is 1.56. The van der Waals surface area contributed by atoms with E-state index in [9.17, 15) is 4.39 Å². The maximum atomic E-state index is 13.6. The van der Waals surface area contributed by atoms with E-state index in [0.717, 1.165) is 23.1 Å². The van der Waals surface area contributed by atoms with Crippen molar-refractivity contribution in [2.24, 2.45) is 5.92 Å². The van der Waals surface area contributed by atoms with Crippen molar-refractivity contribution >= 4 is 11.8 Å². The van der Waals surface area contributed by atoms with Gasteiger partial charge in [-0.1, -0.05) is 45.7 Å². The lowest BCUT2D eigenvalue weighted by molar-refractivity contribution is 0.409. The van der Waals surface area contributed by atoms with E-state index in [2.05, 4.69) is 26.1 Å². The second-order valence-corrected chi connectivity index (χ2v) is 6.19. The van der Waals surface area contributed by atoms with Crippen LogP contribution in [0.2, 0.25) is 0 Å². The van der Waals surface area contributed by atoms with E-state index in [1.54, 1.807) is 17.8 Å². The van der Waals surface area contributed by atoms with E-state index in [1.165, 1.54) is 25.3 Å². The van der Waals surface area contributed by atoms with Crippen molar-refractivity contribution < 1.29 is 4.39 Å².